The first kappa shape index (κ1) is 14.9. The smallest absolute Gasteiger partial charge is 0.307 e. The van der Waals surface area contributed by atoms with Gasteiger partial charge in [0.2, 0.25) is 11.7 Å². The summed E-state index contributed by atoms with van der Waals surface area (Å²) in [6.07, 6.45) is 0. The molecular weight excluding hydrogens is 286 g/mol. The lowest BCUT2D eigenvalue weighted by Gasteiger charge is -2.09. The summed E-state index contributed by atoms with van der Waals surface area (Å²) < 4.78 is 33.9. The molecule has 21 heavy (non-hydrogen) atoms. The lowest BCUT2D eigenvalue weighted by Crippen LogP contribution is -2.03. The molecule has 2 rings (SSSR count). The molecule has 2 aromatic rings. The fourth-order valence-electron chi connectivity index (χ4n) is 1.88. The molecule has 1 aromatic carbocycles. The van der Waals surface area contributed by atoms with Crippen LogP contribution >= 0.6 is 0 Å². The highest BCUT2D eigenvalue weighted by atomic mass is 19.1. The van der Waals surface area contributed by atoms with Crippen molar-refractivity contribution in [2.45, 2.75) is 13.5 Å². The van der Waals surface area contributed by atoms with E-state index in [9.17, 15) is 18.9 Å². The van der Waals surface area contributed by atoms with Crippen LogP contribution in [0.5, 0.6) is 11.6 Å². The van der Waals surface area contributed by atoms with E-state index in [0.717, 1.165) is 0 Å². The predicted octanol–water partition coefficient (Wildman–Crippen LogP) is 2.17. The molecular formula is C12H12F2N4O3. The average molecular weight is 298 g/mol. The number of nitro benzene ring substituents is 1. The third-order valence-corrected chi connectivity index (χ3v) is 2.90. The Morgan fingerprint density at radius 2 is 2.10 bits per heavy atom. The fourth-order valence-corrected chi connectivity index (χ4v) is 1.88. The highest BCUT2D eigenvalue weighted by Gasteiger charge is 2.22. The Bertz CT molecular complexity index is 715. The zero-order valence-electron chi connectivity index (χ0n) is 11.3. The molecule has 1 heterocycles. The number of nitrogens with two attached hydrogens (primary N) is 1. The van der Waals surface area contributed by atoms with Gasteiger partial charge in [0.05, 0.1) is 22.2 Å². The minimum absolute atomic E-state index is 0.103. The SMILES string of the molecule is Cc1nn(C)c(Oc2cc(F)c([N+](=O)[O-])cc2F)c1CN. The van der Waals surface area contributed by atoms with E-state index in [1.165, 1.54) is 4.68 Å². The summed E-state index contributed by atoms with van der Waals surface area (Å²) in [7, 11) is 1.56. The number of hydrogen-bond acceptors (Lipinski definition) is 5. The standard InChI is InChI=1S/C12H12F2N4O3/c1-6-7(5-15)12(17(2)16-6)21-11-4-8(13)10(18(19)20)3-9(11)14/h3-4H,5,15H2,1-2H3. The second-order valence-electron chi connectivity index (χ2n) is 4.29. The van der Waals surface area contributed by atoms with E-state index in [2.05, 4.69) is 5.10 Å². The summed E-state index contributed by atoms with van der Waals surface area (Å²) in [5.74, 6) is -2.56. The van der Waals surface area contributed by atoms with Gasteiger partial charge in [-0.3, -0.25) is 10.1 Å². The molecule has 1 aromatic heterocycles. The van der Waals surface area contributed by atoms with Gasteiger partial charge in [-0.25, -0.2) is 9.07 Å². The van der Waals surface area contributed by atoms with Crippen LogP contribution < -0.4 is 10.5 Å². The first-order valence-electron chi connectivity index (χ1n) is 5.89. The quantitative estimate of drug-likeness (QED) is 0.689. The zero-order valence-corrected chi connectivity index (χ0v) is 11.3. The van der Waals surface area contributed by atoms with Gasteiger partial charge in [0.25, 0.3) is 0 Å². The highest BCUT2D eigenvalue weighted by Crippen LogP contribution is 2.32. The van der Waals surface area contributed by atoms with E-state index in [-0.39, 0.29) is 12.4 Å². The molecule has 112 valence electrons. The minimum atomic E-state index is -1.19. The van der Waals surface area contributed by atoms with E-state index in [1.54, 1.807) is 14.0 Å². The summed E-state index contributed by atoms with van der Waals surface area (Å²) in [5, 5.41) is 14.6. The number of benzene rings is 1. The summed E-state index contributed by atoms with van der Waals surface area (Å²) in [6, 6.07) is 1.09. The number of ether oxygens (including phenoxy) is 1. The molecule has 9 heteroatoms. The van der Waals surface area contributed by atoms with Gasteiger partial charge in [0, 0.05) is 19.7 Å². The molecule has 0 bridgehead atoms. The monoisotopic (exact) mass is 298 g/mol. The van der Waals surface area contributed by atoms with Crippen LogP contribution in [0.15, 0.2) is 12.1 Å². The van der Waals surface area contributed by atoms with Gasteiger partial charge in [-0.1, -0.05) is 0 Å². The van der Waals surface area contributed by atoms with Crippen LogP contribution in [-0.2, 0) is 13.6 Å². The Labute approximate surface area is 118 Å². The number of aromatic nitrogens is 2. The molecule has 0 atom stereocenters. The molecule has 0 aliphatic rings. The van der Waals surface area contributed by atoms with Crippen LogP contribution in [0.4, 0.5) is 14.5 Å². The maximum absolute atomic E-state index is 13.8. The van der Waals surface area contributed by atoms with Gasteiger partial charge >= 0.3 is 5.69 Å². The van der Waals surface area contributed by atoms with Gasteiger partial charge in [0.1, 0.15) is 0 Å². The van der Waals surface area contributed by atoms with E-state index in [1.807, 2.05) is 0 Å². The number of halogens is 2. The Hall–Kier alpha value is -2.55. The zero-order chi connectivity index (χ0) is 15.7. The maximum atomic E-state index is 13.8. The number of aryl methyl sites for hydroxylation is 2. The Kier molecular flexibility index (Phi) is 3.85. The van der Waals surface area contributed by atoms with Crippen LogP contribution in [0.3, 0.4) is 0 Å². The first-order chi connectivity index (χ1) is 9.85. The molecule has 0 unspecified atom stereocenters. The van der Waals surface area contributed by atoms with E-state index >= 15 is 0 Å². The predicted molar refractivity (Wildman–Crippen MR) is 68.9 cm³/mol. The molecule has 2 N–H and O–H groups in total. The third kappa shape index (κ3) is 2.68. The van der Waals surface area contributed by atoms with Crippen molar-refractivity contribution in [2.75, 3.05) is 0 Å². The summed E-state index contributed by atoms with van der Waals surface area (Å²) in [5.41, 5.74) is 5.73. The first-order valence-corrected chi connectivity index (χ1v) is 5.89. The summed E-state index contributed by atoms with van der Waals surface area (Å²) in [6.45, 7) is 1.80. The lowest BCUT2D eigenvalue weighted by atomic mass is 10.2. The Balaban J connectivity index is 2.46. The lowest BCUT2D eigenvalue weighted by molar-refractivity contribution is -0.387. The molecule has 0 radical (unpaired) electrons. The van der Waals surface area contributed by atoms with Crippen LogP contribution in [-0.4, -0.2) is 14.7 Å². The number of hydrogen-bond donors (Lipinski definition) is 1. The van der Waals surface area contributed by atoms with Crippen molar-refractivity contribution in [1.29, 1.82) is 0 Å². The highest BCUT2D eigenvalue weighted by molar-refractivity contribution is 5.42. The topological polar surface area (TPSA) is 96.2 Å². The third-order valence-electron chi connectivity index (χ3n) is 2.90. The van der Waals surface area contributed by atoms with Crippen molar-refractivity contribution >= 4 is 5.69 Å². The largest absolute Gasteiger partial charge is 0.436 e. The molecule has 0 saturated heterocycles. The van der Waals surface area contributed by atoms with Gasteiger partial charge in [-0.15, -0.1) is 0 Å². The molecule has 0 aliphatic heterocycles. The van der Waals surface area contributed by atoms with Gasteiger partial charge in [0.15, 0.2) is 11.6 Å². The molecule has 0 amide bonds. The fraction of sp³-hybridized carbons (Fsp3) is 0.250. The van der Waals surface area contributed by atoms with Crippen molar-refractivity contribution in [2.24, 2.45) is 12.8 Å². The Morgan fingerprint density at radius 3 is 2.67 bits per heavy atom. The van der Waals surface area contributed by atoms with E-state index in [0.29, 0.717) is 23.4 Å². The van der Waals surface area contributed by atoms with Crippen LogP contribution in [0.1, 0.15) is 11.3 Å². The van der Waals surface area contributed by atoms with Gasteiger partial charge < -0.3 is 10.5 Å². The van der Waals surface area contributed by atoms with Crippen molar-refractivity contribution in [1.82, 2.24) is 9.78 Å². The second-order valence-corrected chi connectivity index (χ2v) is 4.29. The number of nitrogens with zero attached hydrogens (tertiary/aromatic N) is 3. The van der Waals surface area contributed by atoms with Crippen molar-refractivity contribution in [3.8, 4) is 11.6 Å². The van der Waals surface area contributed by atoms with Crippen LogP contribution in [0.2, 0.25) is 0 Å². The van der Waals surface area contributed by atoms with Crippen molar-refractivity contribution in [3.05, 3.63) is 45.1 Å². The summed E-state index contributed by atoms with van der Waals surface area (Å²) in [4.78, 5) is 9.52. The van der Waals surface area contributed by atoms with E-state index in [4.69, 9.17) is 10.5 Å². The van der Waals surface area contributed by atoms with E-state index < -0.39 is 28.0 Å². The summed E-state index contributed by atoms with van der Waals surface area (Å²) >= 11 is 0. The minimum Gasteiger partial charge on any atom is -0.436 e. The number of rotatable bonds is 4. The number of nitro groups is 1. The maximum Gasteiger partial charge on any atom is 0.307 e. The van der Waals surface area contributed by atoms with Crippen LogP contribution in [0, 0.1) is 28.7 Å². The average Bonchev–Trinajstić information content (AvgIpc) is 2.67. The second kappa shape index (κ2) is 5.44. The molecule has 7 nitrogen and oxygen atoms in total. The van der Waals surface area contributed by atoms with Crippen molar-refractivity contribution < 1.29 is 18.4 Å². The normalized spacial score (nSPS) is 10.7. The van der Waals surface area contributed by atoms with Crippen molar-refractivity contribution in [3.63, 3.8) is 0 Å². The van der Waals surface area contributed by atoms with Gasteiger partial charge in [-0.2, -0.15) is 9.49 Å². The molecule has 0 saturated carbocycles. The molecule has 0 spiro atoms. The van der Waals surface area contributed by atoms with Crippen LogP contribution in [0.25, 0.3) is 0 Å². The van der Waals surface area contributed by atoms with Gasteiger partial charge in [-0.05, 0) is 6.92 Å². The molecule has 0 aliphatic carbocycles. The molecule has 0 fully saturated rings. The Morgan fingerprint density at radius 1 is 1.43 bits per heavy atom.